The van der Waals surface area contributed by atoms with Gasteiger partial charge in [-0.05, 0) is 6.07 Å². The van der Waals surface area contributed by atoms with Gasteiger partial charge in [-0.3, -0.25) is 0 Å². The Bertz CT molecular complexity index is 282. The third-order valence-electron chi connectivity index (χ3n) is 1.05. The fraction of sp³-hybridized carbons (Fsp3) is 0. The average Bonchev–Trinajstić information content (AvgIpc) is 2.33. The van der Waals surface area contributed by atoms with Gasteiger partial charge in [0.1, 0.15) is 6.33 Å². The zero-order valence-corrected chi connectivity index (χ0v) is 4.57. The molecule has 0 saturated carbocycles. The smallest absolute Gasteiger partial charge is 0.163 e. The molecule has 0 N–H and O–H groups in total. The molecule has 0 amide bonds. The molecule has 0 aliphatic rings. The van der Waals surface area contributed by atoms with Gasteiger partial charge in [-0.25, -0.2) is 9.50 Å². The Morgan fingerprint density at radius 3 is 3.44 bits per heavy atom. The number of nitrogens with zero attached hydrogens (tertiary/aromatic N) is 3. The molecule has 2 aromatic heterocycles. The van der Waals surface area contributed by atoms with Crippen molar-refractivity contribution < 1.29 is 0 Å². The maximum Gasteiger partial charge on any atom is 0.163 e. The van der Waals surface area contributed by atoms with Crippen molar-refractivity contribution in [1.82, 2.24) is 14.6 Å². The lowest BCUT2D eigenvalue weighted by Gasteiger charge is -1.83. The third-order valence-corrected chi connectivity index (χ3v) is 1.05. The molecule has 0 fully saturated rings. The summed E-state index contributed by atoms with van der Waals surface area (Å²) in [6, 6.07) is 7.38. The van der Waals surface area contributed by atoms with Gasteiger partial charge >= 0.3 is 0 Å². The molecule has 0 aromatic carbocycles. The van der Waals surface area contributed by atoms with Crippen LogP contribution < -0.4 is 0 Å². The lowest BCUT2D eigenvalue weighted by molar-refractivity contribution is 0.959. The average molecular weight is 117 g/mol. The highest BCUT2D eigenvalue weighted by molar-refractivity contribution is 5.32. The van der Waals surface area contributed by atoms with E-state index in [9.17, 15) is 0 Å². The molecule has 0 atom stereocenters. The Morgan fingerprint density at radius 1 is 1.56 bits per heavy atom. The van der Waals surface area contributed by atoms with E-state index < -0.39 is 0 Å². The molecule has 0 saturated heterocycles. The first kappa shape index (κ1) is 4.49. The summed E-state index contributed by atoms with van der Waals surface area (Å²) < 4.78 is 1.61. The lowest BCUT2D eigenvalue weighted by Crippen LogP contribution is -1.83. The van der Waals surface area contributed by atoms with Crippen molar-refractivity contribution in [3.8, 4) is 0 Å². The molecule has 0 unspecified atom stereocenters. The monoisotopic (exact) mass is 117 g/mol. The molecular formula is C6H3N3. The Morgan fingerprint density at radius 2 is 2.56 bits per heavy atom. The van der Waals surface area contributed by atoms with E-state index in [4.69, 9.17) is 0 Å². The summed E-state index contributed by atoms with van der Waals surface area (Å²) in [5, 5.41) is 3.86. The SMILES string of the molecule is [c]1c[c]c2ncnn2c1. The molecule has 9 heavy (non-hydrogen) atoms. The maximum absolute atomic E-state index is 3.90. The second-order valence-corrected chi connectivity index (χ2v) is 1.61. The molecule has 2 rings (SSSR count). The van der Waals surface area contributed by atoms with Crippen molar-refractivity contribution in [3.05, 3.63) is 30.7 Å². The van der Waals surface area contributed by atoms with Crippen LogP contribution in [0.25, 0.3) is 5.65 Å². The Labute approximate surface area is 52.0 Å². The Balaban J connectivity index is 2.95. The van der Waals surface area contributed by atoms with E-state index in [-0.39, 0.29) is 0 Å². The van der Waals surface area contributed by atoms with Gasteiger partial charge in [0.15, 0.2) is 5.65 Å². The maximum atomic E-state index is 3.90. The van der Waals surface area contributed by atoms with Crippen LogP contribution in [0.15, 0.2) is 18.6 Å². The lowest BCUT2D eigenvalue weighted by atomic mass is 10.5. The van der Waals surface area contributed by atoms with Gasteiger partial charge in [-0.2, -0.15) is 5.10 Å². The minimum absolute atomic E-state index is 0.730. The molecule has 42 valence electrons. The first-order chi connectivity index (χ1) is 4.47. The fourth-order valence-corrected chi connectivity index (χ4v) is 0.662. The molecule has 0 bridgehead atoms. The summed E-state index contributed by atoms with van der Waals surface area (Å²) in [6.07, 6.45) is 3.19. The number of rotatable bonds is 0. The van der Waals surface area contributed by atoms with Crippen molar-refractivity contribution in [2.45, 2.75) is 0 Å². The number of hydrogen-bond donors (Lipinski definition) is 0. The standard InChI is InChI=1S/C6H3N3/c1-2-4-9-6(3-1)7-5-8-9/h1,4-5H. The summed E-state index contributed by atoms with van der Waals surface area (Å²) in [5.41, 5.74) is 0.730. The molecule has 0 spiro atoms. The van der Waals surface area contributed by atoms with Gasteiger partial charge in [0.2, 0.25) is 0 Å². The van der Waals surface area contributed by atoms with Gasteiger partial charge in [-0.1, -0.05) is 0 Å². The largest absolute Gasteiger partial charge is 0.220 e. The van der Waals surface area contributed by atoms with Crippen molar-refractivity contribution in [1.29, 1.82) is 0 Å². The number of hydrogen-bond acceptors (Lipinski definition) is 2. The summed E-state index contributed by atoms with van der Waals surface area (Å²) >= 11 is 0. The number of fused-ring (bicyclic) bond motifs is 1. The van der Waals surface area contributed by atoms with Crippen molar-refractivity contribution >= 4 is 5.65 Å². The van der Waals surface area contributed by atoms with Gasteiger partial charge < -0.3 is 0 Å². The van der Waals surface area contributed by atoms with Crippen LogP contribution in [0, 0.1) is 12.1 Å². The van der Waals surface area contributed by atoms with E-state index in [2.05, 4.69) is 22.2 Å². The van der Waals surface area contributed by atoms with E-state index in [0.717, 1.165) is 5.65 Å². The normalized spacial score (nSPS) is 10.2. The predicted molar refractivity (Wildman–Crippen MR) is 30.7 cm³/mol. The van der Waals surface area contributed by atoms with Crippen LogP contribution in [0.2, 0.25) is 0 Å². The van der Waals surface area contributed by atoms with Gasteiger partial charge in [-0.15, -0.1) is 0 Å². The molecule has 0 aliphatic carbocycles. The fourth-order valence-electron chi connectivity index (χ4n) is 0.662. The van der Waals surface area contributed by atoms with Crippen molar-refractivity contribution in [2.24, 2.45) is 0 Å². The van der Waals surface area contributed by atoms with Crippen LogP contribution in [0.3, 0.4) is 0 Å². The van der Waals surface area contributed by atoms with Crippen molar-refractivity contribution in [3.63, 3.8) is 0 Å². The topological polar surface area (TPSA) is 30.2 Å². The third kappa shape index (κ3) is 0.579. The number of aromatic nitrogens is 3. The predicted octanol–water partition coefficient (Wildman–Crippen LogP) is 0.330. The molecule has 3 heteroatoms. The van der Waals surface area contributed by atoms with Crippen LogP contribution in [-0.2, 0) is 0 Å². The first-order valence-corrected chi connectivity index (χ1v) is 2.54. The molecule has 3 nitrogen and oxygen atoms in total. The van der Waals surface area contributed by atoms with E-state index in [0.29, 0.717) is 0 Å². The highest BCUT2D eigenvalue weighted by Crippen LogP contribution is 1.91. The van der Waals surface area contributed by atoms with Gasteiger partial charge in [0, 0.05) is 18.3 Å². The highest BCUT2D eigenvalue weighted by atomic mass is 15.3. The summed E-state index contributed by atoms with van der Waals surface area (Å²) in [4.78, 5) is 3.90. The molecule has 2 aromatic rings. The number of pyridine rings is 1. The molecular weight excluding hydrogens is 114 g/mol. The van der Waals surface area contributed by atoms with Crippen LogP contribution in [0.1, 0.15) is 0 Å². The quantitative estimate of drug-likeness (QED) is 0.497. The van der Waals surface area contributed by atoms with Gasteiger partial charge in [0.05, 0.1) is 0 Å². The minimum Gasteiger partial charge on any atom is -0.220 e. The zero-order chi connectivity index (χ0) is 6.10. The molecule has 2 heterocycles. The molecule has 0 aliphatic heterocycles. The van der Waals surface area contributed by atoms with Crippen LogP contribution in [0.5, 0.6) is 0 Å². The van der Waals surface area contributed by atoms with E-state index in [1.165, 1.54) is 6.33 Å². The van der Waals surface area contributed by atoms with Crippen LogP contribution in [-0.4, -0.2) is 14.6 Å². The van der Waals surface area contributed by atoms with Crippen LogP contribution >= 0.6 is 0 Å². The first-order valence-electron chi connectivity index (χ1n) is 2.54. The molecule has 2 radical (unpaired) electrons. The Kier molecular flexibility index (Phi) is 0.773. The minimum atomic E-state index is 0.730. The van der Waals surface area contributed by atoms with Crippen LogP contribution in [0.4, 0.5) is 0 Å². The second kappa shape index (κ2) is 1.55. The van der Waals surface area contributed by atoms with Crippen molar-refractivity contribution in [2.75, 3.05) is 0 Å². The summed E-state index contributed by atoms with van der Waals surface area (Å²) in [6.45, 7) is 0. The van der Waals surface area contributed by atoms with E-state index in [1.807, 2.05) is 0 Å². The zero-order valence-electron chi connectivity index (χ0n) is 4.57. The van der Waals surface area contributed by atoms with E-state index >= 15 is 0 Å². The summed E-state index contributed by atoms with van der Waals surface area (Å²) in [5.74, 6) is 0. The van der Waals surface area contributed by atoms with E-state index in [1.54, 1.807) is 16.8 Å². The highest BCUT2D eigenvalue weighted by Gasteiger charge is 1.88. The second-order valence-electron chi connectivity index (χ2n) is 1.61. The van der Waals surface area contributed by atoms with Gasteiger partial charge in [0.25, 0.3) is 0 Å². The summed E-state index contributed by atoms with van der Waals surface area (Å²) in [7, 11) is 0. The Hall–Kier alpha value is -1.38.